The molecule has 6 nitrogen and oxygen atoms in total. The van der Waals surface area contributed by atoms with Crippen molar-refractivity contribution in [1.29, 1.82) is 0 Å². The first-order valence-electron chi connectivity index (χ1n) is 9.60. The molecule has 1 N–H and O–H groups in total. The van der Waals surface area contributed by atoms with Crippen LogP contribution < -0.4 is 4.74 Å². The molecule has 0 unspecified atom stereocenters. The van der Waals surface area contributed by atoms with E-state index in [1.165, 1.54) is 17.4 Å². The molecule has 0 saturated carbocycles. The Bertz CT molecular complexity index is 670. The highest BCUT2D eigenvalue weighted by Crippen LogP contribution is 2.29. The quantitative estimate of drug-likeness (QED) is 0.820. The van der Waals surface area contributed by atoms with Crippen molar-refractivity contribution in [1.82, 2.24) is 14.7 Å². The number of likely N-dealkylation sites (tertiary alicyclic amines) is 1. The molecular weight excluding hydrogens is 375 g/mol. The Kier molecular flexibility index (Phi) is 6.66. The van der Waals surface area contributed by atoms with E-state index < -0.39 is 12.5 Å². The van der Waals surface area contributed by atoms with Crippen LogP contribution in [0.5, 0.6) is 5.75 Å². The molecule has 0 bridgehead atoms. The minimum absolute atomic E-state index is 0.164. The predicted octanol–water partition coefficient (Wildman–Crippen LogP) is 3.37. The summed E-state index contributed by atoms with van der Waals surface area (Å²) in [7, 11) is 0. The second-order valence-electron chi connectivity index (χ2n) is 7.37. The summed E-state index contributed by atoms with van der Waals surface area (Å²) >= 11 is 0. The second kappa shape index (κ2) is 9.00. The SMILES string of the molecule is O=C(O)N1CCN(Cc2ccc(CN3CCCCC3)cc2OC(F)(F)F)CC1. The van der Waals surface area contributed by atoms with Crippen LogP contribution in [0, 0.1) is 0 Å². The maximum absolute atomic E-state index is 12.9. The molecule has 28 heavy (non-hydrogen) atoms. The van der Waals surface area contributed by atoms with Crippen molar-refractivity contribution in [3.63, 3.8) is 0 Å². The smallest absolute Gasteiger partial charge is 0.465 e. The summed E-state index contributed by atoms with van der Waals surface area (Å²) in [5.41, 5.74) is 1.27. The van der Waals surface area contributed by atoms with Crippen LogP contribution in [0.15, 0.2) is 18.2 Å². The van der Waals surface area contributed by atoms with Crippen LogP contribution in [-0.2, 0) is 13.1 Å². The predicted molar refractivity (Wildman–Crippen MR) is 97.1 cm³/mol. The van der Waals surface area contributed by atoms with Crippen LogP contribution in [0.3, 0.4) is 0 Å². The highest BCUT2D eigenvalue weighted by atomic mass is 19.4. The largest absolute Gasteiger partial charge is 0.573 e. The fourth-order valence-corrected chi connectivity index (χ4v) is 3.76. The number of carbonyl (C=O) groups is 1. The Hall–Kier alpha value is -2.00. The van der Waals surface area contributed by atoms with Gasteiger partial charge in [-0.1, -0.05) is 18.6 Å². The topological polar surface area (TPSA) is 56.2 Å². The molecule has 0 spiro atoms. The van der Waals surface area contributed by atoms with E-state index in [1.807, 2.05) is 11.0 Å². The lowest BCUT2D eigenvalue weighted by Gasteiger charge is -2.33. The molecule has 1 aromatic carbocycles. The van der Waals surface area contributed by atoms with Crippen LogP contribution in [0.2, 0.25) is 0 Å². The van der Waals surface area contributed by atoms with Crippen LogP contribution in [-0.4, -0.2) is 71.5 Å². The number of ether oxygens (including phenoxy) is 1. The van der Waals surface area contributed by atoms with E-state index in [0.29, 0.717) is 44.8 Å². The van der Waals surface area contributed by atoms with Gasteiger partial charge >= 0.3 is 12.5 Å². The first-order valence-corrected chi connectivity index (χ1v) is 9.60. The van der Waals surface area contributed by atoms with Gasteiger partial charge < -0.3 is 14.7 Å². The first-order chi connectivity index (χ1) is 13.3. The minimum atomic E-state index is -4.75. The Balaban J connectivity index is 1.69. The summed E-state index contributed by atoms with van der Waals surface area (Å²) in [4.78, 5) is 16.5. The summed E-state index contributed by atoms with van der Waals surface area (Å²) in [6.07, 6.45) is -2.28. The van der Waals surface area contributed by atoms with E-state index in [-0.39, 0.29) is 5.75 Å². The van der Waals surface area contributed by atoms with Crippen molar-refractivity contribution >= 4 is 6.09 Å². The van der Waals surface area contributed by atoms with Crippen LogP contribution in [0.1, 0.15) is 30.4 Å². The zero-order valence-electron chi connectivity index (χ0n) is 15.7. The highest BCUT2D eigenvalue weighted by Gasteiger charge is 2.32. The summed E-state index contributed by atoms with van der Waals surface area (Å²) < 4.78 is 43.1. The Morgan fingerprint density at radius 3 is 2.21 bits per heavy atom. The zero-order valence-corrected chi connectivity index (χ0v) is 15.7. The monoisotopic (exact) mass is 401 g/mol. The Morgan fingerprint density at radius 1 is 0.964 bits per heavy atom. The lowest BCUT2D eigenvalue weighted by atomic mass is 10.1. The average molecular weight is 401 g/mol. The van der Waals surface area contributed by atoms with Gasteiger partial charge in [-0.3, -0.25) is 9.80 Å². The molecule has 0 aromatic heterocycles. The van der Waals surface area contributed by atoms with Crippen LogP contribution >= 0.6 is 0 Å². The van der Waals surface area contributed by atoms with E-state index >= 15 is 0 Å². The summed E-state index contributed by atoms with van der Waals surface area (Å²) in [5.74, 6) is -0.164. The molecule has 2 fully saturated rings. The van der Waals surface area contributed by atoms with Gasteiger partial charge in [0.25, 0.3) is 0 Å². The van der Waals surface area contributed by atoms with Gasteiger partial charge in [0.2, 0.25) is 0 Å². The number of halogens is 3. The third-order valence-corrected chi connectivity index (χ3v) is 5.25. The molecule has 2 saturated heterocycles. The maximum atomic E-state index is 12.9. The summed E-state index contributed by atoms with van der Waals surface area (Å²) in [6, 6.07) is 5.05. The molecule has 1 amide bonds. The van der Waals surface area contributed by atoms with Crippen molar-refractivity contribution in [2.45, 2.75) is 38.7 Å². The molecule has 0 atom stereocenters. The molecule has 2 aliphatic heterocycles. The molecule has 1 aromatic rings. The molecular formula is C19H26F3N3O3. The van der Waals surface area contributed by atoms with E-state index in [2.05, 4.69) is 9.64 Å². The zero-order chi connectivity index (χ0) is 20.1. The fraction of sp³-hybridized carbons (Fsp3) is 0.632. The minimum Gasteiger partial charge on any atom is -0.465 e. The van der Waals surface area contributed by atoms with E-state index in [4.69, 9.17) is 5.11 Å². The van der Waals surface area contributed by atoms with Gasteiger partial charge in [-0.2, -0.15) is 0 Å². The second-order valence-corrected chi connectivity index (χ2v) is 7.37. The van der Waals surface area contributed by atoms with Crippen molar-refractivity contribution in [3.05, 3.63) is 29.3 Å². The average Bonchev–Trinajstić information content (AvgIpc) is 2.64. The van der Waals surface area contributed by atoms with Crippen molar-refractivity contribution in [3.8, 4) is 5.75 Å². The van der Waals surface area contributed by atoms with Gasteiger partial charge in [-0.25, -0.2) is 4.79 Å². The molecule has 0 aliphatic carbocycles. The number of piperidine rings is 1. The first kappa shape index (κ1) is 20.7. The number of alkyl halides is 3. The number of rotatable bonds is 5. The molecule has 0 radical (unpaired) electrons. The van der Waals surface area contributed by atoms with E-state index in [0.717, 1.165) is 31.5 Å². The molecule has 2 heterocycles. The summed E-state index contributed by atoms with van der Waals surface area (Å²) in [5, 5.41) is 9.01. The number of hydrogen-bond acceptors (Lipinski definition) is 4. The number of nitrogens with zero attached hydrogens (tertiary/aromatic N) is 3. The normalized spacial score (nSPS) is 19.6. The number of piperazine rings is 1. The van der Waals surface area contributed by atoms with E-state index in [9.17, 15) is 18.0 Å². The van der Waals surface area contributed by atoms with Gasteiger partial charge in [0.1, 0.15) is 5.75 Å². The fourth-order valence-electron chi connectivity index (χ4n) is 3.76. The number of hydrogen-bond donors (Lipinski definition) is 1. The lowest BCUT2D eigenvalue weighted by molar-refractivity contribution is -0.275. The molecule has 156 valence electrons. The van der Waals surface area contributed by atoms with Gasteiger partial charge in [0.15, 0.2) is 0 Å². The van der Waals surface area contributed by atoms with Crippen LogP contribution in [0.25, 0.3) is 0 Å². The third kappa shape index (κ3) is 6.00. The standard InChI is InChI=1S/C19H26F3N3O3/c20-19(21,22)28-17-12-15(13-23-6-2-1-3-7-23)4-5-16(17)14-24-8-10-25(11-9-24)18(26)27/h4-5,12H,1-3,6-11,13-14H2,(H,26,27). The Morgan fingerprint density at radius 2 is 1.61 bits per heavy atom. The van der Waals surface area contributed by atoms with Crippen molar-refractivity contribution in [2.24, 2.45) is 0 Å². The maximum Gasteiger partial charge on any atom is 0.573 e. The summed E-state index contributed by atoms with van der Waals surface area (Å²) in [6.45, 7) is 4.49. The number of carboxylic acid groups (broad SMARTS) is 1. The van der Waals surface area contributed by atoms with Crippen molar-refractivity contribution < 1.29 is 27.8 Å². The molecule has 3 rings (SSSR count). The Labute approximate surface area is 162 Å². The molecule has 9 heteroatoms. The van der Waals surface area contributed by atoms with Gasteiger partial charge in [-0.05, 0) is 37.6 Å². The number of benzene rings is 1. The number of amides is 1. The van der Waals surface area contributed by atoms with Gasteiger partial charge in [-0.15, -0.1) is 13.2 Å². The third-order valence-electron chi connectivity index (χ3n) is 5.25. The van der Waals surface area contributed by atoms with Gasteiger partial charge in [0.05, 0.1) is 0 Å². The van der Waals surface area contributed by atoms with E-state index in [1.54, 1.807) is 6.07 Å². The van der Waals surface area contributed by atoms with Crippen molar-refractivity contribution in [2.75, 3.05) is 39.3 Å². The highest BCUT2D eigenvalue weighted by molar-refractivity contribution is 5.65. The molecule has 2 aliphatic rings. The lowest BCUT2D eigenvalue weighted by Crippen LogP contribution is -2.47. The van der Waals surface area contributed by atoms with Gasteiger partial charge in [0, 0.05) is 44.8 Å². The van der Waals surface area contributed by atoms with Crippen LogP contribution in [0.4, 0.5) is 18.0 Å².